The average molecular weight is 406 g/mol. The molecule has 29 heavy (non-hydrogen) atoms. The van der Waals surface area contributed by atoms with E-state index in [1.807, 2.05) is 25.2 Å². The molecule has 5 nitrogen and oxygen atoms in total. The first-order valence-electron chi connectivity index (χ1n) is 9.99. The number of ether oxygens (including phenoxy) is 4. The van der Waals surface area contributed by atoms with Gasteiger partial charge >= 0.3 is 0 Å². The zero-order valence-corrected chi connectivity index (χ0v) is 19.1. The fourth-order valence-electron chi connectivity index (χ4n) is 3.10. The van der Waals surface area contributed by atoms with Gasteiger partial charge in [-0.25, -0.2) is 0 Å². The van der Waals surface area contributed by atoms with E-state index < -0.39 is 0 Å². The molecule has 0 radical (unpaired) electrons. The van der Waals surface area contributed by atoms with Gasteiger partial charge < -0.3 is 18.9 Å². The maximum Gasteiger partial charge on any atom is 0.0940 e. The first-order chi connectivity index (χ1) is 13.8. The maximum atomic E-state index is 8.86. The second-order valence-electron chi connectivity index (χ2n) is 7.30. The third-order valence-corrected chi connectivity index (χ3v) is 4.99. The Morgan fingerprint density at radius 1 is 0.931 bits per heavy atom. The van der Waals surface area contributed by atoms with E-state index in [9.17, 15) is 0 Å². The van der Waals surface area contributed by atoms with Crippen LogP contribution in [-0.2, 0) is 18.9 Å². The van der Waals surface area contributed by atoms with Crippen molar-refractivity contribution in [3.8, 4) is 6.07 Å². The molecule has 0 unspecified atom stereocenters. The van der Waals surface area contributed by atoms with E-state index in [4.69, 9.17) is 24.2 Å². The number of hydrogen-bond donors (Lipinski definition) is 0. The largest absolute Gasteiger partial charge is 0.381 e. The number of allylic oxidation sites excluding steroid dienone is 3. The van der Waals surface area contributed by atoms with Gasteiger partial charge in [0.1, 0.15) is 0 Å². The predicted molar refractivity (Wildman–Crippen MR) is 119 cm³/mol. The summed E-state index contributed by atoms with van der Waals surface area (Å²) in [5.41, 5.74) is 2.73. The van der Waals surface area contributed by atoms with Gasteiger partial charge in [0.05, 0.1) is 30.5 Å². The standard InChI is InChI=1S/C24H39NO4/c1-9-10-21(26-5)14-22(27-6)15-23(28-7)16-24(29-8)20(4)13-18(2)11-12-19(3)17-25/h9,12-13,21-24H,1,4,10-11,14-16H2,2-3,5-8H3/b18-13-,19-12+/t21-,22-,23-,24-/m0/s1. The summed E-state index contributed by atoms with van der Waals surface area (Å²) in [5, 5.41) is 8.86. The molecule has 0 spiro atoms. The van der Waals surface area contributed by atoms with Crippen LogP contribution in [0, 0.1) is 11.3 Å². The Kier molecular flexibility index (Phi) is 15.2. The molecule has 4 atom stereocenters. The van der Waals surface area contributed by atoms with Crippen LogP contribution in [0.1, 0.15) is 46.0 Å². The zero-order valence-electron chi connectivity index (χ0n) is 19.1. The predicted octanol–water partition coefficient (Wildman–Crippen LogP) is 5.16. The van der Waals surface area contributed by atoms with Gasteiger partial charge in [-0.15, -0.1) is 6.58 Å². The van der Waals surface area contributed by atoms with Crippen LogP contribution >= 0.6 is 0 Å². The molecule has 0 aromatic rings. The second kappa shape index (κ2) is 16.1. The van der Waals surface area contributed by atoms with Crippen LogP contribution in [0.5, 0.6) is 0 Å². The van der Waals surface area contributed by atoms with Gasteiger partial charge in [0.15, 0.2) is 0 Å². The molecule has 0 aromatic carbocycles. The lowest BCUT2D eigenvalue weighted by Crippen LogP contribution is -2.30. The van der Waals surface area contributed by atoms with Gasteiger partial charge in [0.25, 0.3) is 0 Å². The number of rotatable bonds is 16. The van der Waals surface area contributed by atoms with Crippen molar-refractivity contribution in [3.63, 3.8) is 0 Å². The molecule has 0 amide bonds. The van der Waals surface area contributed by atoms with Crippen LogP contribution in [0.25, 0.3) is 0 Å². The maximum absolute atomic E-state index is 8.86. The summed E-state index contributed by atoms with van der Waals surface area (Å²) < 4.78 is 22.6. The summed E-state index contributed by atoms with van der Waals surface area (Å²) in [4.78, 5) is 0. The molecule has 0 heterocycles. The number of methoxy groups -OCH3 is 4. The van der Waals surface area contributed by atoms with Crippen LogP contribution in [0.15, 0.2) is 48.1 Å². The van der Waals surface area contributed by atoms with Gasteiger partial charge in [0.2, 0.25) is 0 Å². The van der Waals surface area contributed by atoms with Crippen LogP contribution < -0.4 is 0 Å². The molecular formula is C24H39NO4. The summed E-state index contributed by atoms with van der Waals surface area (Å²) in [6, 6.07) is 2.13. The molecule has 0 fully saturated rings. The van der Waals surface area contributed by atoms with Gasteiger partial charge in [0, 0.05) is 46.9 Å². The Morgan fingerprint density at radius 3 is 1.97 bits per heavy atom. The molecule has 0 aliphatic carbocycles. The van der Waals surface area contributed by atoms with Crippen LogP contribution in [0.3, 0.4) is 0 Å². The Morgan fingerprint density at radius 2 is 1.48 bits per heavy atom. The lowest BCUT2D eigenvalue weighted by Gasteiger charge is -2.27. The van der Waals surface area contributed by atoms with Gasteiger partial charge in [-0.05, 0) is 38.7 Å². The van der Waals surface area contributed by atoms with Gasteiger partial charge in [-0.1, -0.05) is 30.4 Å². The highest BCUT2D eigenvalue weighted by molar-refractivity contribution is 5.27. The second-order valence-corrected chi connectivity index (χ2v) is 7.30. The number of hydrogen-bond acceptors (Lipinski definition) is 5. The topological polar surface area (TPSA) is 60.7 Å². The lowest BCUT2D eigenvalue weighted by atomic mass is 9.96. The summed E-state index contributed by atoms with van der Waals surface area (Å²) in [7, 11) is 6.82. The quantitative estimate of drug-likeness (QED) is 0.202. The highest BCUT2D eigenvalue weighted by atomic mass is 16.5. The first kappa shape index (κ1) is 27.3. The van der Waals surface area contributed by atoms with E-state index >= 15 is 0 Å². The molecule has 0 bridgehead atoms. The van der Waals surface area contributed by atoms with E-state index in [-0.39, 0.29) is 24.4 Å². The van der Waals surface area contributed by atoms with Crippen molar-refractivity contribution >= 4 is 0 Å². The first-order valence-corrected chi connectivity index (χ1v) is 9.99. The third-order valence-electron chi connectivity index (χ3n) is 4.99. The van der Waals surface area contributed by atoms with Crippen molar-refractivity contribution in [2.45, 2.75) is 70.4 Å². The van der Waals surface area contributed by atoms with E-state index in [0.717, 1.165) is 36.8 Å². The van der Waals surface area contributed by atoms with Crippen LogP contribution in [-0.4, -0.2) is 52.9 Å². The van der Waals surface area contributed by atoms with Crippen molar-refractivity contribution in [3.05, 3.63) is 48.1 Å². The molecule has 0 saturated heterocycles. The minimum atomic E-state index is -0.153. The Labute approximate surface area is 177 Å². The van der Waals surface area contributed by atoms with Crippen molar-refractivity contribution in [2.24, 2.45) is 0 Å². The zero-order chi connectivity index (χ0) is 22.2. The van der Waals surface area contributed by atoms with Crippen molar-refractivity contribution < 1.29 is 18.9 Å². The average Bonchev–Trinajstić information content (AvgIpc) is 2.73. The molecule has 0 aliphatic rings. The molecule has 0 saturated carbocycles. The fourth-order valence-corrected chi connectivity index (χ4v) is 3.10. The van der Waals surface area contributed by atoms with Gasteiger partial charge in [-0.2, -0.15) is 5.26 Å². The molecule has 0 aliphatic heterocycles. The molecule has 5 heteroatoms. The highest BCUT2D eigenvalue weighted by Gasteiger charge is 2.23. The number of nitriles is 1. The lowest BCUT2D eigenvalue weighted by molar-refractivity contribution is -0.0259. The van der Waals surface area contributed by atoms with E-state index in [1.54, 1.807) is 35.4 Å². The summed E-state index contributed by atoms with van der Waals surface area (Å²) in [6.07, 6.45) is 9.43. The van der Waals surface area contributed by atoms with Crippen LogP contribution in [0.4, 0.5) is 0 Å². The van der Waals surface area contributed by atoms with Crippen LogP contribution in [0.2, 0.25) is 0 Å². The molecule has 164 valence electrons. The Bertz CT molecular complexity index is 588. The smallest absolute Gasteiger partial charge is 0.0940 e. The molecule has 0 N–H and O–H groups in total. The fraction of sp³-hybridized carbons (Fsp3) is 0.625. The minimum Gasteiger partial charge on any atom is -0.381 e. The highest BCUT2D eigenvalue weighted by Crippen LogP contribution is 2.22. The SMILES string of the molecule is C=CC[C@@H](C[C@@H](C[C@@H](C[C@H](OC)C(=C)/C=C(/C)C/C=C(\C)C#N)OC)OC)OC. The third kappa shape index (κ3) is 11.8. The summed E-state index contributed by atoms with van der Waals surface area (Å²) in [6.45, 7) is 11.8. The Hall–Kier alpha value is -1.71. The normalized spacial score (nSPS) is 16.6. The van der Waals surface area contributed by atoms with Crippen molar-refractivity contribution in [2.75, 3.05) is 28.4 Å². The van der Waals surface area contributed by atoms with Gasteiger partial charge in [-0.3, -0.25) is 0 Å². The molecular weight excluding hydrogens is 366 g/mol. The van der Waals surface area contributed by atoms with Crippen molar-refractivity contribution in [1.29, 1.82) is 5.26 Å². The molecule has 0 aromatic heterocycles. The molecule has 0 rings (SSSR count). The van der Waals surface area contributed by atoms with E-state index in [1.165, 1.54) is 0 Å². The number of nitrogens with zero attached hydrogens (tertiary/aromatic N) is 1. The Balaban J connectivity index is 4.97. The van der Waals surface area contributed by atoms with Crippen molar-refractivity contribution in [1.82, 2.24) is 0 Å². The minimum absolute atomic E-state index is 0.0204. The summed E-state index contributed by atoms with van der Waals surface area (Å²) in [5.74, 6) is 0. The monoisotopic (exact) mass is 405 g/mol. The van der Waals surface area contributed by atoms with E-state index in [0.29, 0.717) is 12.0 Å². The van der Waals surface area contributed by atoms with E-state index in [2.05, 4.69) is 19.2 Å². The summed E-state index contributed by atoms with van der Waals surface area (Å²) >= 11 is 0.